The molecule has 78 valence electrons. The summed E-state index contributed by atoms with van der Waals surface area (Å²) in [4.78, 5) is 0. The van der Waals surface area contributed by atoms with Gasteiger partial charge in [-0.2, -0.15) is 0 Å². The molecule has 2 unspecified atom stereocenters. The molecule has 3 heteroatoms. The van der Waals surface area contributed by atoms with Crippen LogP contribution in [0.1, 0.15) is 18.5 Å². The highest BCUT2D eigenvalue weighted by molar-refractivity contribution is 5.22. The summed E-state index contributed by atoms with van der Waals surface area (Å²) >= 11 is 0. The minimum Gasteiger partial charge on any atom is -0.380 e. The van der Waals surface area contributed by atoms with Crippen molar-refractivity contribution in [3.63, 3.8) is 0 Å². The van der Waals surface area contributed by atoms with E-state index in [1.807, 2.05) is 13.0 Å². The van der Waals surface area contributed by atoms with Crippen molar-refractivity contribution in [3.8, 4) is 0 Å². The summed E-state index contributed by atoms with van der Waals surface area (Å²) < 4.78 is 18.6. The first-order valence-electron chi connectivity index (χ1n) is 4.65. The molecule has 0 aromatic heterocycles. The molecule has 2 nitrogen and oxygen atoms in total. The Balaban J connectivity index is 2.94. The molecule has 0 aliphatic rings. The van der Waals surface area contributed by atoms with Crippen molar-refractivity contribution in [2.24, 2.45) is 0 Å². The molecular weight excluding hydrogens is 181 g/mol. The lowest BCUT2D eigenvalue weighted by atomic mass is 10.0. The first-order chi connectivity index (χ1) is 6.70. The van der Waals surface area contributed by atoms with Crippen molar-refractivity contribution in [2.45, 2.75) is 19.1 Å². The molecule has 0 amide bonds. The number of methoxy groups -OCH3 is 1. The molecule has 0 saturated carbocycles. The lowest BCUT2D eigenvalue weighted by Gasteiger charge is -2.23. The molecule has 0 radical (unpaired) electrons. The number of hydrogen-bond acceptors (Lipinski definition) is 2. The molecule has 2 atom stereocenters. The molecular formula is C11H16FNO. The average molecular weight is 197 g/mol. The second-order valence-corrected chi connectivity index (χ2v) is 3.23. The number of ether oxygens (including phenoxy) is 1. The van der Waals surface area contributed by atoms with Crippen LogP contribution in [-0.2, 0) is 4.74 Å². The summed E-state index contributed by atoms with van der Waals surface area (Å²) in [6, 6.07) is 6.63. The Kier molecular flexibility index (Phi) is 4.04. The second-order valence-electron chi connectivity index (χ2n) is 3.23. The maximum Gasteiger partial charge on any atom is 0.128 e. The quantitative estimate of drug-likeness (QED) is 0.798. The Labute approximate surface area is 84.1 Å². The Morgan fingerprint density at radius 2 is 2.00 bits per heavy atom. The third-order valence-electron chi connectivity index (χ3n) is 2.39. The summed E-state index contributed by atoms with van der Waals surface area (Å²) in [6.07, 6.45) is -0.0584. The van der Waals surface area contributed by atoms with E-state index in [0.29, 0.717) is 5.56 Å². The van der Waals surface area contributed by atoms with E-state index >= 15 is 0 Å². The molecule has 14 heavy (non-hydrogen) atoms. The van der Waals surface area contributed by atoms with Crippen molar-refractivity contribution < 1.29 is 9.13 Å². The van der Waals surface area contributed by atoms with Crippen LogP contribution in [0.2, 0.25) is 0 Å². The van der Waals surface area contributed by atoms with Gasteiger partial charge in [-0.1, -0.05) is 18.2 Å². The normalized spacial score (nSPS) is 15.1. The summed E-state index contributed by atoms with van der Waals surface area (Å²) in [6.45, 7) is 1.91. The molecule has 0 spiro atoms. The van der Waals surface area contributed by atoms with Gasteiger partial charge in [0.2, 0.25) is 0 Å². The standard InChI is InChI=1S/C11H16FNO/c1-8(14-3)11(13-2)9-6-4-5-7-10(9)12/h4-8,11,13H,1-3H3. The van der Waals surface area contributed by atoms with Gasteiger partial charge in [-0.25, -0.2) is 4.39 Å². The fourth-order valence-electron chi connectivity index (χ4n) is 1.51. The Morgan fingerprint density at radius 1 is 1.36 bits per heavy atom. The van der Waals surface area contributed by atoms with Crippen LogP contribution in [0, 0.1) is 5.82 Å². The van der Waals surface area contributed by atoms with Crippen LogP contribution in [0.25, 0.3) is 0 Å². The van der Waals surface area contributed by atoms with E-state index in [9.17, 15) is 4.39 Å². The molecule has 0 aliphatic carbocycles. The van der Waals surface area contributed by atoms with Crippen LogP contribution in [-0.4, -0.2) is 20.3 Å². The minimum absolute atomic E-state index is 0.0584. The van der Waals surface area contributed by atoms with E-state index in [2.05, 4.69) is 5.32 Å². The molecule has 1 N–H and O–H groups in total. The SMILES string of the molecule is CNC(c1ccccc1F)C(C)OC. The average Bonchev–Trinajstić information content (AvgIpc) is 2.21. The number of benzene rings is 1. The maximum atomic E-state index is 13.4. The van der Waals surface area contributed by atoms with Gasteiger partial charge in [0.1, 0.15) is 5.82 Å². The van der Waals surface area contributed by atoms with E-state index in [1.165, 1.54) is 6.07 Å². The monoisotopic (exact) mass is 197 g/mol. The Bertz CT molecular complexity index is 290. The molecule has 0 aliphatic heterocycles. The molecule has 1 rings (SSSR count). The maximum absolute atomic E-state index is 13.4. The van der Waals surface area contributed by atoms with E-state index < -0.39 is 0 Å². The van der Waals surface area contributed by atoms with Gasteiger partial charge in [-0.15, -0.1) is 0 Å². The van der Waals surface area contributed by atoms with E-state index in [4.69, 9.17) is 4.74 Å². The van der Waals surface area contributed by atoms with Crippen LogP contribution in [0.5, 0.6) is 0 Å². The summed E-state index contributed by atoms with van der Waals surface area (Å²) in [5, 5.41) is 3.04. The largest absolute Gasteiger partial charge is 0.380 e. The summed E-state index contributed by atoms with van der Waals surface area (Å²) in [5.41, 5.74) is 0.643. The smallest absolute Gasteiger partial charge is 0.128 e. The summed E-state index contributed by atoms with van der Waals surface area (Å²) in [7, 11) is 3.42. The topological polar surface area (TPSA) is 21.3 Å². The zero-order valence-corrected chi connectivity index (χ0v) is 8.75. The van der Waals surface area contributed by atoms with Gasteiger partial charge in [0.25, 0.3) is 0 Å². The van der Waals surface area contributed by atoms with Gasteiger partial charge < -0.3 is 10.1 Å². The molecule has 1 aromatic rings. The van der Waals surface area contributed by atoms with Crippen LogP contribution < -0.4 is 5.32 Å². The minimum atomic E-state index is -0.198. The van der Waals surface area contributed by atoms with Crippen LogP contribution in [0.15, 0.2) is 24.3 Å². The van der Waals surface area contributed by atoms with Crippen LogP contribution >= 0.6 is 0 Å². The molecule has 0 saturated heterocycles. The second kappa shape index (κ2) is 5.08. The highest BCUT2D eigenvalue weighted by Crippen LogP contribution is 2.20. The lowest BCUT2D eigenvalue weighted by molar-refractivity contribution is 0.0845. The lowest BCUT2D eigenvalue weighted by Crippen LogP contribution is -2.29. The summed E-state index contributed by atoms with van der Waals surface area (Å²) in [5.74, 6) is -0.198. The Hall–Kier alpha value is -0.930. The van der Waals surface area contributed by atoms with Gasteiger partial charge in [-0.3, -0.25) is 0 Å². The zero-order valence-electron chi connectivity index (χ0n) is 8.75. The van der Waals surface area contributed by atoms with Crippen molar-refractivity contribution in [2.75, 3.05) is 14.2 Å². The third-order valence-corrected chi connectivity index (χ3v) is 2.39. The zero-order chi connectivity index (χ0) is 10.6. The highest BCUT2D eigenvalue weighted by Gasteiger charge is 2.19. The predicted molar refractivity (Wildman–Crippen MR) is 54.7 cm³/mol. The molecule has 1 aromatic carbocycles. The van der Waals surface area contributed by atoms with Gasteiger partial charge in [0.05, 0.1) is 12.1 Å². The molecule has 0 bridgehead atoms. The number of rotatable bonds is 4. The van der Waals surface area contributed by atoms with Crippen molar-refractivity contribution in [1.29, 1.82) is 0 Å². The van der Waals surface area contributed by atoms with Gasteiger partial charge in [0.15, 0.2) is 0 Å². The fraction of sp³-hybridized carbons (Fsp3) is 0.455. The van der Waals surface area contributed by atoms with Gasteiger partial charge in [-0.05, 0) is 20.0 Å². The van der Waals surface area contributed by atoms with E-state index in [0.717, 1.165) is 0 Å². The Morgan fingerprint density at radius 3 is 2.50 bits per heavy atom. The first kappa shape index (κ1) is 11.1. The molecule has 0 fully saturated rings. The van der Waals surface area contributed by atoms with E-state index in [-0.39, 0.29) is 18.0 Å². The van der Waals surface area contributed by atoms with Crippen molar-refractivity contribution in [1.82, 2.24) is 5.32 Å². The van der Waals surface area contributed by atoms with Crippen LogP contribution in [0.4, 0.5) is 4.39 Å². The predicted octanol–water partition coefficient (Wildman–Crippen LogP) is 2.12. The molecule has 0 heterocycles. The fourth-order valence-corrected chi connectivity index (χ4v) is 1.51. The number of hydrogen-bond donors (Lipinski definition) is 1. The number of likely N-dealkylation sites (N-methyl/N-ethyl adjacent to an activating group) is 1. The van der Waals surface area contributed by atoms with E-state index in [1.54, 1.807) is 26.3 Å². The number of halogens is 1. The van der Waals surface area contributed by atoms with Gasteiger partial charge >= 0.3 is 0 Å². The first-order valence-corrected chi connectivity index (χ1v) is 4.65. The van der Waals surface area contributed by atoms with Gasteiger partial charge in [0, 0.05) is 12.7 Å². The van der Waals surface area contributed by atoms with Crippen molar-refractivity contribution >= 4 is 0 Å². The van der Waals surface area contributed by atoms with Crippen molar-refractivity contribution in [3.05, 3.63) is 35.6 Å². The third kappa shape index (κ3) is 2.30. The number of nitrogens with one attached hydrogen (secondary N) is 1. The van der Waals surface area contributed by atoms with Crippen LogP contribution in [0.3, 0.4) is 0 Å². The highest BCUT2D eigenvalue weighted by atomic mass is 19.1.